The van der Waals surface area contributed by atoms with Crippen molar-refractivity contribution in [2.24, 2.45) is 17.8 Å². The first-order valence-corrected chi connectivity index (χ1v) is 7.31. The van der Waals surface area contributed by atoms with Crippen molar-refractivity contribution in [1.29, 1.82) is 0 Å². The lowest BCUT2D eigenvalue weighted by Crippen LogP contribution is -2.25. The molecule has 1 aliphatic heterocycles. The summed E-state index contributed by atoms with van der Waals surface area (Å²) in [6, 6.07) is 0. The summed E-state index contributed by atoms with van der Waals surface area (Å²) in [4.78, 5) is 9.80. The highest BCUT2D eigenvalue weighted by Crippen LogP contribution is 2.18. The van der Waals surface area contributed by atoms with E-state index in [0.717, 1.165) is 18.3 Å². The highest BCUT2D eigenvalue weighted by Gasteiger charge is 2.20. The lowest BCUT2D eigenvalue weighted by atomic mass is 9.96. The quantitative estimate of drug-likeness (QED) is 0.597. The van der Waals surface area contributed by atoms with Crippen LogP contribution in [0.4, 0.5) is 0 Å². The Bertz CT molecular complexity index is 245. The summed E-state index contributed by atoms with van der Waals surface area (Å²) in [7, 11) is 1.59. The third kappa shape index (κ3) is 7.47. The predicted molar refractivity (Wildman–Crippen MR) is 77.9 cm³/mol. The van der Waals surface area contributed by atoms with Crippen LogP contribution in [0.5, 0.6) is 0 Å². The minimum absolute atomic E-state index is 0.000000000000000222. The Morgan fingerprint density at radius 2 is 2.05 bits per heavy atom. The van der Waals surface area contributed by atoms with Crippen LogP contribution in [-0.4, -0.2) is 37.8 Å². The van der Waals surface area contributed by atoms with E-state index >= 15 is 0 Å². The van der Waals surface area contributed by atoms with Gasteiger partial charge in [-0.1, -0.05) is 34.1 Å². The van der Waals surface area contributed by atoms with E-state index in [1.54, 1.807) is 7.11 Å². The molecule has 1 saturated heterocycles. The molecule has 1 heterocycles. The number of ether oxygens (including phenoxy) is 1. The molecule has 0 radical (unpaired) electrons. The number of nitrogens with one attached hydrogen (secondary N) is 1. The topological polar surface area (TPSA) is 64.4 Å². The third-order valence-electron chi connectivity index (χ3n) is 3.98. The van der Waals surface area contributed by atoms with Crippen LogP contribution in [-0.2, 0) is 4.74 Å². The van der Waals surface area contributed by atoms with Crippen molar-refractivity contribution in [3.05, 3.63) is 10.1 Å². The monoisotopic (exact) mass is 274 g/mol. The third-order valence-corrected chi connectivity index (χ3v) is 3.98. The van der Waals surface area contributed by atoms with Crippen LogP contribution in [0.15, 0.2) is 0 Å². The van der Waals surface area contributed by atoms with Crippen molar-refractivity contribution < 1.29 is 9.66 Å². The maximum absolute atomic E-state index is 10.1. The highest BCUT2D eigenvalue weighted by molar-refractivity contribution is 4.76. The van der Waals surface area contributed by atoms with Crippen molar-refractivity contribution in [1.82, 2.24) is 5.32 Å². The summed E-state index contributed by atoms with van der Waals surface area (Å²) in [5.74, 6) is 1.87. The van der Waals surface area contributed by atoms with Crippen LogP contribution in [0, 0.1) is 27.9 Å². The van der Waals surface area contributed by atoms with Crippen molar-refractivity contribution in [3.8, 4) is 0 Å². The van der Waals surface area contributed by atoms with Crippen molar-refractivity contribution in [3.63, 3.8) is 0 Å². The van der Waals surface area contributed by atoms with Gasteiger partial charge in [-0.05, 0) is 31.3 Å². The van der Waals surface area contributed by atoms with Gasteiger partial charge in [-0.3, -0.25) is 10.1 Å². The zero-order chi connectivity index (χ0) is 14.8. The van der Waals surface area contributed by atoms with Crippen LogP contribution in [0.3, 0.4) is 0 Å². The Morgan fingerprint density at radius 1 is 1.42 bits per heavy atom. The normalized spacial score (nSPS) is 25.3. The van der Waals surface area contributed by atoms with E-state index in [9.17, 15) is 10.1 Å². The van der Waals surface area contributed by atoms with Gasteiger partial charge in [0.25, 0.3) is 0 Å². The molecule has 4 atom stereocenters. The van der Waals surface area contributed by atoms with E-state index in [2.05, 4.69) is 19.2 Å². The number of rotatable bonds is 6. The number of nitrogens with zero attached hydrogens (tertiary/aromatic N) is 1. The van der Waals surface area contributed by atoms with Gasteiger partial charge in [-0.2, -0.15) is 0 Å². The summed E-state index contributed by atoms with van der Waals surface area (Å²) in [6.45, 7) is 10.9. The van der Waals surface area contributed by atoms with E-state index in [-0.39, 0.29) is 23.5 Å². The number of hydrogen-bond acceptors (Lipinski definition) is 4. The van der Waals surface area contributed by atoms with Crippen molar-refractivity contribution >= 4 is 0 Å². The van der Waals surface area contributed by atoms with Crippen LogP contribution in [0.1, 0.15) is 40.5 Å². The fourth-order valence-corrected chi connectivity index (χ4v) is 2.57. The second-order valence-electron chi connectivity index (χ2n) is 5.48. The average molecular weight is 274 g/mol. The lowest BCUT2D eigenvalue weighted by molar-refractivity contribution is -0.489. The molecule has 1 rings (SSSR count). The Hall–Kier alpha value is -0.680. The summed E-state index contributed by atoms with van der Waals surface area (Å²) in [5.41, 5.74) is 0. The lowest BCUT2D eigenvalue weighted by Gasteiger charge is -2.17. The molecule has 0 spiro atoms. The summed E-state index contributed by atoms with van der Waals surface area (Å²) in [5, 5.41) is 13.5. The van der Waals surface area contributed by atoms with E-state index < -0.39 is 0 Å². The molecule has 5 nitrogen and oxygen atoms in total. The molecule has 0 aromatic carbocycles. The Balaban J connectivity index is 0.000000356. The van der Waals surface area contributed by atoms with Crippen molar-refractivity contribution in [2.45, 2.75) is 46.6 Å². The van der Waals surface area contributed by atoms with Gasteiger partial charge in [-0.15, -0.1) is 0 Å². The van der Waals surface area contributed by atoms with Crippen LogP contribution >= 0.6 is 0 Å². The minimum atomic E-state index is -0.299. The minimum Gasteiger partial charge on any atom is -0.381 e. The molecule has 19 heavy (non-hydrogen) atoms. The Labute approximate surface area is 117 Å². The molecule has 0 aromatic rings. The van der Waals surface area contributed by atoms with Crippen LogP contribution in [0.25, 0.3) is 0 Å². The van der Waals surface area contributed by atoms with Crippen LogP contribution < -0.4 is 5.32 Å². The first kappa shape index (κ1) is 18.3. The first-order chi connectivity index (χ1) is 8.96. The van der Waals surface area contributed by atoms with E-state index in [1.807, 2.05) is 13.8 Å². The molecule has 1 N–H and O–H groups in total. The summed E-state index contributed by atoms with van der Waals surface area (Å²) >= 11 is 0. The zero-order valence-corrected chi connectivity index (χ0v) is 13.0. The van der Waals surface area contributed by atoms with Crippen LogP contribution in [0.2, 0.25) is 0 Å². The van der Waals surface area contributed by atoms with Gasteiger partial charge in [0.1, 0.15) is 0 Å². The SMILES string of the molecule is CC[C@@H]1CNC[C@H]1C.CC[C@H](OC)[C@H](C)C[N+](=O)[O-]. The molecule has 1 aliphatic rings. The fourth-order valence-electron chi connectivity index (χ4n) is 2.57. The molecule has 0 unspecified atom stereocenters. The molecule has 0 bridgehead atoms. The second-order valence-corrected chi connectivity index (χ2v) is 5.48. The Morgan fingerprint density at radius 3 is 2.32 bits per heavy atom. The molecule has 114 valence electrons. The van der Waals surface area contributed by atoms with Gasteiger partial charge in [0, 0.05) is 18.0 Å². The molecular weight excluding hydrogens is 244 g/mol. The summed E-state index contributed by atoms with van der Waals surface area (Å²) in [6.07, 6.45) is 2.18. The maximum Gasteiger partial charge on any atom is 0.208 e. The smallest absolute Gasteiger partial charge is 0.208 e. The maximum atomic E-state index is 10.1. The molecular formula is C14H30N2O3. The van der Waals surface area contributed by atoms with E-state index in [4.69, 9.17) is 4.74 Å². The molecule has 0 aromatic heterocycles. The Kier molecular flexibility index (Phi) is 9.79. The predicted octanol–water partition coefficient (Wildman–Crippen LogP) is 2.58. The number of hydrogen-bond donors (Lipinski definition) is 1. The molecule has 0 amide bonds. The number of nitro groups is 1. The second kappa shape index (κ2) is 10.1. The zero-order valence-electron chi connectivity index (χ0n) is 13.0. The van der Waals surface area contributed by atoms with Gasteiger partial charge >= 0.3 is 0 Å². The average Bonchev–Trinajstić information content (AvgIpc) is 2.76. The van der Waals surface area contributed by atoms with Gasteiger partial charge in [0.15, 0.2) is 0 Å². The van der Waals surface area contributed by atoms with Gasteiger partial charge in [-0.25, -0.2) is 0 Å². The largest absolute Gasteiger partial charge is 0.381 e. The number of methoxy groups -OCH3 is 1. The van der Waals surface area contributed by atoms with Gasteiger partial charge in [0.05, 0.1) is 6.10 Å². The standard InChI is InChI=1S/C7H15NO3.C7H15N/c1-4-7(11-3)6(2)5-8(9)10;1-3-7-5-8-4-6(7)2/h6-7H,4-5H2,1-3H3;6-8H,3-5H2,1-2H3/t6-,7+;6-,7-/m11/s1. The first-order valence-electron chi connectivity index (χ1n) is 7.31. The summed E-state index contributed by atoms with van der Waals surface area (Å²) < 4.78 is 5.06. The van der Waals surface area contributed by atoms with E-state index in [0.29, 0.717) is 0 Å². The van der Waals surface area contributed by atoms with Gasteiger partial charge in [0.2, 0.25) is 6.54 Å². The van der Waals surface area contributed by atoms with Crippen molar-refractivity contribution in [2.75, 3.05) is 26.7 Å². The highest BCUT2D eigenvalue weighted by atomic mass is 16.6. The van der Waals surface area contributed by atoms with Gasteiger partial charge < -0.3 is 10.1 Å². The van der Waals surface area contributed by atoms with E-state index in [1.165, 1.54) is 19.5 Å². The molecule has 0 aliphatic carbocycles. The molecule has 1 fully saturated rings. The fraction of sp³-hybridized carbons (Fsp3) is 1.00. The molecule has 5 heteroatoms. The molecule has 0 saturated carbocycles.